The summed E-state index contributed by atoms with van der Waals surface area (Å²) in [6.45, 7) is 0.421. The zero-order valence-corrected chi connectivity index (χ0v) is 12.5. The van der Waals surface area contributed by atoms with Gasteiger partial charge < -0.3 is 10.8 Å². The normalized spacial score (nSPS) is 22.3. The number of carbonyl (C=O) groups is 1. The number of sulfonamides is 1. The van der Waals surface area contributed by atoms with Gasteiger partial charge in [-0.1, -0.05) is 6.42 Å². The Morgan fingerprint density at radius 1 is 1.24 bits per heavy atom. The molecule has 1 aromatic carbocycles. The predicted molar refractivity (Wildman–Crippen MR) is 78.1 cm³/mol. The number of rotatable bonds is 6. The van der Waals surface area contributed by atoms with Gasteiger partial charge in [0, 0.05) is 18.7 Å². The molecule has 1 aromatic rings. The zero-order valence-electron chi connectivity index (χ0n) is 11.7. The van der Waals surface area contributed by atoms with Crippen LogP contribution in [0, 0.1) is 11.8 Å². The van der Waals surface area contributed by atoms with Crippen molar-refractivity contribution in [2.24, 2.45) is 17.6 Å². The standard InChI is InChI=1S/C14H20N2O4S/c15-14(18)10-4-6-13(7-5-10)21(19,20)16-8-11-2-1-3-12(11)9-17/h4-7,11-12,16-17H,1-3,8-9H2,(H2,15,18). The minimum Gasteiger partial charge on any atom is -0.396 e. The SMILES string of the molecule is NC(=O)c1ccc(S(=O)(=O)NCC2CCCC2CO)cc1. The lowest BCUT2D eigenvalue weighted by Crippen LogP contribution is -2.31. The van der Waals surface area contributed by atoms with Gasteiger partial charge in [-0.05, 0) is 48.9 Å². The first-order chi connectivity index (χ1) is 9.94. The van der Waals surface area contributed by atoms with Crippen molar-refractivity contribution in [1.82, 2.24) is 4.72 Å². The number of nitrogens with two attached hydrogens (primary N) is 1. The molecule has 0 saturated heterocycles. The van der Waals surface area contributed by atoms with Gasteiger partial charge in [-0.15, -0.1) is 0 Å². The summed E-state index contributed by atoms with van der Waals surface area (Å²) < 4.78 is 26.9. The van der Waals surface area contributed by atoms with Gasteiger partial charge in [0.05, 0.1) is 4.90 Å². The molecule has 2 atom stereocenters. The summed E-state index contributed by atoms with van der Waals surface area (Å²) in [5.41, 5.74) is 5.39. The second kappa shape index (κ2) is 6.55. The lowest BCUT2D eigenvalue weighted by atomic mass is 9.97. The number of carbonyl (C=O) groups excluding carboxylic acids is 1. The van der Waals surface area contributed by atoms with Gasteiger partial charge in [-0.25, -0.2) is 13.1 Å². The molecule has 0 bridgehead atoms. The van der Waals surface area contributed by atoms with E-state index in [1.165, 1.54) is 24.3 Å². The highest BCUT2D eigenvalue weighted by atomic mass is 32.2. The Balaban J connectivity index is 2.02. The average molecular weight is 312 g/mol. The Labute approximate surface area is 124 Å². The molecule has 1 fully saturated rings. The van der Waals surface area contributed by atoms with Crippen molar-refractivity contribution in [3.05, 3.63) is 29.8 Å². The third-order valence-electron chi connectivity index (χ3n) is 4.04. The highest BCUT2D eigenvalue weighted by molar-refractivity contribution is 7.89. The summed E-state index contributed by atoms with van der Waals surface area (Å²) in [4.78, 5) is 11.1. The number of primary amides is 1. The van der Waals surface area contributed by atoms with E-state index in [-0.39, 0.29) is 28.9 Å². The summed E-state index contributed by atoms with van der Waals surface area (Å²) in [5, 5.41) is 9.24. The van der Waals surface area contributed by atoms with Crippen molar-refractivity contribution >= 4 is 15.9 Å². The van der Waals surface area contributed by atoms with Crippen LogP contribution in [0.15, 0.2) is 29.2 Å². The fourth-order valence-electron chi connectivity index (χ4n) is 2.72. The molecule has 0 heterocycles. The number of hydrogen-bond donors (Lipinski definition) is 3. The van der Waals surface area contributed by atoms with Crippen LogP contribution in [-0.2, 0) is 10.0 Å². The molecule has 1 saturated carbocycles. The van der Waals surface area contributed by atoms with E-state index in [0.717, 1.165) is 19.3 Å². The monoisotopic (exact) mass is 312 g/mol. The first kappa shape index (κ1) is 15.9. The number of amides is 1. The highest BCUT2D eigenvalue weighted by Crippen LogP contribution is 2.30. The molecule has 2 unspecified atom stereocenters. The minimum atomic E-state index is -3.61. The van der Waals surface area contributed by atoms with Crippen molar-refractivity contribution in [2.75, 3.05) is 13.2 Å². The number of aliphatic hydroxyl groups is 1. The lowest BCUT2D eigenvalue weighted by molar-refractivity contribution is 0.1000. The Bertz CT molecular complexity index is 598. The van der Waals surface area contributed by atoms with Crippen molar-refractivity contribution in [1.29, 1.82) is 0 Å². The molecule has 0 aromatic heterocycles. The summed E-state index contributed by atoms with van der Waals surface area (Å²) in [5.74, 6) is -0.247. The maximum absolute atomic E-state index is 12.2. The Hall–Kier alpha value is -1.44. The van der Waals surface area contributed by atoms with Crippen LogP contribution in [0.25, 0.3) is 0 Å². The Morgan fingerprint density at radius 2 is 1.86 bits per heavy atom. The maximum atomic E-state index is 12.2. The van der Waals surface area contributed by atoms with Crippen molar-refractivity contribution < 1.29 is 18.3 Å². The van der Waals surface area contributed by atoms with Crippen LogP contribution < -0.4 is 10.5 Å². The van der Waals surface area contributed by atoms with Crippen molar-refractivity contribution in [2.45, 2.75) is 24.2 Å². The van der Waals surface area contributed by atoms with Crippen LogP contribution in [0.3, 0.4) is 0 Å². The minimum absolute atomic E-state index is 0.0969. The van der Waals surface area contributed by atoms with Crippen LogP contribution in [0.1, 0.15) is 29.6 Å². The molecule has 1 aliphatic carbocycles. The number of benzene rings is 1. The first-order valence-electron chi connectivity index (χ1n) is 6.94. The van der Waals surface area contributed by atoms with E-state index in [1.807, 2.05) is 0 Å². The Morgan fingerprint density at radius 3 is 2.43 bits per heavy atom. The van der Waals surface area contributed by atoms with Gasteiger partial charge in [0.2, 0.25) is 15.9 Å². The van der Waals surface area contributed by atoms with Gasteiger partial charge in [-0.2, -0.15) is 0 Å². The molecular formula is C14H20N2O4S. The molecule has 0 radical (unpaired) electrons. The molecule has 21 heavy (non-hydrogen) atoms. The molecular weight excluding hydrogens is 292 g/mol. The predicted octanol–water partition coefficient (Wildman–Crippen LogP) is 0.472. The summed E-state index contributed by atoms with van der Waals surface area (Å²) in [7, 11) is -3.61. The van der Waals surface area contributed by atoms with E-state index in [9.17, 15) is 18.3 Å². The molecule has 116 valence electrons. The number of hydrogen-bond acceptors (Lipinski definition) is 4. The van der Waals surface area contributed by atoms with Gasteiger partial charge in [0.15, 0.2) is 0 Å². The fraction of sp³-hybridized carbons (Fsp3) is 0.500. The van der Waals surface area contributed by atoms with E-state index < -0.39 is 15.9 Å². The second-order valence-corrected chi connectivity index (χ2v) is 7.14. The molecule has 0 aliphatic heterocycles. The van der Waals surface area contributed by atoms with Crippen LogP contribution in [0.4, 0.5) is 0 Å². The van der Waals surface area contributed by atoms with Crippen LogP contribution in [-0.4, -0.2) is 32.6 Å². The van der Waals surface area contributed by atoms with E-state index in [1.54, 1.807) is 0 Å². The van der Waals surface area contributed by atoms with Crippen molar-refractivity contribution in [3.8, 4) is 0 Å². The second-order valence-electron chi connectivity index (χ2n) is 5.37. The Kier molecular flexibility index (Phi) is 4.97. The molecule has 1 amide bonds. The van der Waals surface area contributed by atoms with Crippen LogP contribution in [0.2, 0.25) is 0 Å². The third-order valence-corrected chi connectivity index (χ3v) is 5.48. The largest absolute Gasteiger partial charge is 0.396 e. The van der Waals surface area contributed by atoms with Gasteiger partial charge in [0.1, 0.15) is 0 Å². The van der Waals surface area contributed by atoms with E-state index in [0.29, 0.717) is 6.54 Å². The molecule has 7 heteroatoms. The highest BCUT2D eigenvalue weighted by Gasteiger charge is 2.28. The maximum Gasteiger partial charge on any atom is 0.248 e. The quantitative estimate of drug-likeness (QED) is 0.709. The summed E-state index contributed by atoms with van der Waals surface area (Å²) >= 11 is 0. The van der Waals surface area contributed by atoms with E-state index >= 15 is 0 Å². The number of aliphatic hydroxyl groups excluding tert-OH is 1. The molecule has 4 N–H and O–H groups in total. The molecule has 0 spiro atoms. The molecule has 1 aliphatic rings. The lowest BCUT2D eigenvalue weighted by Gasteiger charge is -2.17. The third kappa shape index (κ3) is 3.81. The summed E-state index contributed by atoms with van der Waals surface area (Å²) in [6.07, 6.45) is 2.88. The van der Waals surface area contributed by atoms with E-state index in [4.69, 9.17) is 5.73 Å². The zero-order chi connectivity index (χ0) is 15.5. The summed E-state index contributed by atoms with van der Waals surface area (Å²) in [6, 6.07) is 5.51. The topological polar surface area (TPSA) is 109 Å². The van der Waals surface area contributed by atoms with E-state index in [2.05, 4.69) is 4.72 Å². The smallest absolute Gasteiger partial charge is 0.248 e. The van der Waals surface area contributed by atoms with Gasteiger partial charge in [0.25, 0.3) is 0 Å². The fourth-order valence-corrected chi connectivity index (χ4v) is 3.82. The first-order valence-corrected chi connectivity index (χ1v) is 8.43. The van der Waals surface area contributed by atoms with Gasteiger partial charge >= 0.3 is 0 Å². The molecule has 2 rings (SSSR count). The van der Waals surface area contributed by atoms with Crippen LogP contribution in [0.5, 0.6) is 0 Å². The number of nitrogens with one attached hydrogen (secondary N) is 1. The van der Waals surface area contributed by atoms with Crippen molar-refractivity contribution in [3.63, 3.8) is 0 Å². The average Bonchev–Trinajstić information content (AvgIpc) is 2.93. The van der Waals surface area contributed by atoms with Gasteiger partial charge in [-0.3, -0.25) is 4.79 Å². The van der Waals surface area contributed by atoms with Crippen LogP contribution >= 0.6 is 0 Å². The molecule has 6 nitrogen and oxygen atoms in total.